The molecule has 1 heterocycles. The van der Waals surface area contributed by atoms with Gasteiger partial charge in [-0.15, -0.1) is 0 Å². The highest BCUT2D eigenvalue weighted by Gasteiger charge is 2.29. The van der Waals surface area contributed by atoms with Crippen LogP contribution in [0.3, 0.4) is 0 Å². The summed E-state index contributed by atoms with van der Waals surface area (Å²) in [5, 5.41) is 3.65. The molecule has 2 heteroatoms. The van der Waals surface area contributed by atoms with Crippen LogP contribution in [0, 0.1) is 5.92 Å². The Morgan fingerprint density at radius 3 is 2.44 bits per heavy atom. The fraction of sp³-hybridized carbons (Fsp3) is 1.00. The van der Waals surface area contributed by atoms with E-state index in [0.717, 1.165) is 18.5 Å². The van der Waals surface area contributed by atoms with Gasteiger partial charge in [-0.1, -0.05) is 47.5 Å². The van der Waals surface area contributed by atoms with Gasteiger partial charge in [-0.05, 0) is 31.7 Å². The van der Waals surface area contributed by atoms with Gasteiger partial charge in [0.05, 0.1) is 0 Å². The van der Waals surface area contributed by atoms with Gasteiger partial charge in [-0.25, -0.2) is 0 Å². The van der Waals surface area contributed by atoms with Gasteiger partial charge in [-0.2, -0.15) is 0 Å². The van der Waals surface area contributed by atoms with Crippen LogP contribution in [0.5, 0.6) is 0 Å². The van der Waals surface area contributed by atoms with Gasteiger partial charge in [0.15, 0.2) is 0 Å². The lowest BCUT2D eigenvalue weighted by Crippen LogP contribution is -2.53. The molecule has 18 heavy (non-hydrogen) atoms. The highest BCUT2D eigenvalue weighted by Crippen LogP contribution is 2.25. The molecule has 1 fully saturated rings. The lowest BCUT2D eigenvalue weighted by Gasteiger charge is -2.43. The molecule has 2 atom stereocenters. The summed E-state index contributed by atoms with van der Waals surface area (Å²) in [5.41, 5.74) is 0. The van der Waals surface area contributed by atoms with E-state index in [1.807, 2.05) is 0 Å². The Hall–Kier alpha value is -0.0800. The van der Waals surface area contributed by atoms with Crippen molar-refractivity contribution in [3.63, 3.8) is 0 Å². The number of hydrogen-bond donors (Lipinski definition) is 1. The summed E-state index contributed by atoms with van der Waals surface area (Å²) in [5.74, 6) is 0.744. The summed E-state index contributed by atoms with van der Waals surface area (Å²) in [4.78, 5) is 2.81. The third-order valence-corrected chi connectivity index (χ3v) is 4.23. The SMILES string of the molecule is CCCC1CCCCN1C(CNC(C)C)C(C)C. The zero-order valence-corrected chi connectivity index (χ0v) is 13.2. The van der Waals surface area contributed by atoms with Crippen LogP contribution in [0.25, 0.3) is 0 Å². The van der Waals surface area contributed by atoms with Crippen molar-refractivity contribution in [3.8, 4) is 0 Å². The molecule has 0 amide bonds. The molecule has 0 aromatic carbocycles. The Balaban J connectivity index is 2.62. The molecule has 1 aliphatic rings. The summed E-state index contributed by atoms with van der Waals surface area (Å²) in [6, 6.07) is 2.15. The highest BCUT2D eigenvalue weighted by atomic mass is 15.2. The van der Waals surface area contributed by atoms with Crippen molar-refractivity contribution in [1.82, 2.24) is 10.2 Å². The first-order chi connectivity index (χ1) is 8.56. The van der Waals surface area contributed by atoms with Gasteiger partial charge in [0.2, 0.25) is 0 Å². The number of nitrogens with one attached hydrogen (secondary N) is 1. The van der Waals surface area contributed by atoms with E-state index in [4.69, 9.17) is 0 Å². The van der Waals surface area contributed by atoms with E-state index in [-0.39, 0.29) is 0 Å². The van der Waals surface area contributed by atoms with Gasteiger partial charge in [-0.3, -0.25) is 4.90 Å². The maximum atomic E-state index is 3.65. The molecule has 2 nitrogen and oxygen atoms in total. The molecule has 1 aliphatic heterocycles. The van der Waals surface area contributed by atoms with Crippen LogP contribution >= 0.6 is 0 Å². The monoisotopic (exact) mass is 254 g/mol. The van der Waals surface area contributed by atoms with Crippen LogP contribution in [0.2, 0.25) is 0 Å². The molecule has 2 unspecified atom stereocenters. The molecule has 0 aliphatic carbocycles. The molecule has 0 bridgehead atoms. The molecule has 0 saturated carbocycles. The van der Waals surface area contributed by atoms with Crippen LogP contribution in [0.1, 0.15) is 66.7 Å². The van der Waals surface area contributed by atoms with Crippen LogP contribution in [0.15, 0.2) is 0 Å². The molecule has 1 rings (SSSR count). The van der Waals surface area contributed by atoms with Crippen LogP contribution < -0.4 is 5.32 Å². The lowest BCUT2D eigenvalue weighted by atomic mass is 9.92. The van der Waals surface area contributed by atoms with Gasteiger partial charge >= 0.3 is 0 Å². The zero-order valence-electron chi connectivity index (χ0n) is 13.2. The van der Waals surface area contributed by atoms with Crippen molar-refractivity contribution >= 4 is 0 Å². The quantitative estimate of drug-likeness (QED) is 0.746. The molecule has 1 N–H and O–H groups in total. The van der Waals surface area contributed by atoms with Crippen molar-refractivity contribution in [3.05, 3.63) is 0 Å². The van der Waals surface area contributed by atoms with E-state index < -0.39 is 0 Å². The first-order valence-electron chi connectivity index (χ1n) is 8.05. The minimum absolute atomic E-state index is 0.598. The third-order valence-electron chi connectivity index (χ3n) is 4.23. The Morgan fingerprint density at radius 2 is 1.89 bits per heavy atom. The lowest BCUT2D eigenvalue weighted by molar-refractivity contribution is 0.0625. The number of hydrogen-bond acceptors (Lipinski definition) is 2. The van der Waals surface area contributed by atoms with Crippen molar-refractivity contribution in [2.45, 2.75) is 84.8 Å². The molecule has 0 spiro atoms. The Labute approximate surface area is 115 Å². The van der Waals surface area contributed by atoms with E-state index in [0.29, 0.717) is 12.1 Å². The van der Waals surface area contributed by atoms with E-state index in [1.54, 1.807) is 0 Å². The normalized spacial score (nSPS) is 23.8. The average Bonchev–Trinajstić information content (AvgIpc) is 2.31. The van der Waals surface area contributed by atoms with Crippen molar-refractivity contribution in [1.29, 1.82) is 0 Å². The van der Waals surface area contributed by atoms with Crippen molar-refractivity contribution in [2.75, 3.05) is 13.1 Å². The zero-order chi connectivity index (χ0) is 13.5. The van der Waals surface area contributed by atoms with Crippen molar-refractivity contribution < 1.29 is 0 Å². The van der Waals surface area contributed by atoms with Gasteiger partial charge < -0.3 is 5.32 Å². The maximum Gasteiger partial charge on any atom is 0.0246 e. The van der Waals surface area contributed by atoms with Crippen LogP contribution in [-0.4, -0.2) is 36.1 Å². The Morgan fingerprint density at radius 1 is 1.17 bits per heavy atom. The summed E-state index contributed by atoms with van der Waals surface area (Å²) in [6.07, 6.45) is 6.95. The minimum Gasteiger partial charge on any atom is -0.313 e. The summed E-state index contributed by atoms with van der Waals surface area (Å²) >= 11 is 0. The van der Waals surface area contributed by atoms with Crippen LogP contribution in [-0.2, 0) is 0 Å². The Kier molecular flexibility index (Phi) is 7.25. The van der Waals surface area contributed by atoms with Crippen LogP contribution in [0.4, 0.5) is 0 Å². The predicted molar refractivity (Wildman–Crippen MR) is 81.0 cm³/mol. The maximum absolute atomic E-state index is 3.65. The molecule has 0 radical (unpaired) electrons. The standard InChI is InChI=1S/C16H34N2/c1-6-9-15-10-7-8-11-18(15)16(13(2)3)12-17-14(4)5/h13-17H,6-12H2,1-5H3. The van der Waals surface area contributed by atoms with Gasteiger partial charge in [0.25, 0.3) is 0 Å². The molecule has 0 aromatic heterocycles. The van der Waals surface area contributed by atoms with Gasteiger partial charge in [0.1, 0.15) is 0 Å². The first kappa shape index (κ1) is 16.0. The topological polar surface area (TPSA) is 15.3 Å². The average molecular weight is 254 g/mol. The first-order valence-corrected chi connectivity index (χ1v) is 8.05. The number of likely N-dealkylation sites (tertiary alicyclic amines) is 1. The van der Waals surface area contributed by atoms with Crippen molar-refractivity contribution in [2.24, 2.45) is 5.92 Å². The predicted octanol–water partition coefficient (Wildman–Crippen LogP) is 3.66. The summed E-state index contributed by atoms with van der Waals surface area (Å²) < 4.78 is 0. The highest BCUT2D eigenvalue weighted by molar-refractivity contribution is 4.86. The number of piperidine rings is 1. The summed E-state index contributed by atoms with van der Waals surface area (Å²) in [7, 11) is 0. The minimum atomic E-state index is 0.598. The Bertz CT molecular complexity index is 211. The largest absolute Gasteiger partial charge is 0.313 e. The second-order valence-corrected chi connectivity index (χ2v) is 6.55. The molecular formula is C16H34N2. The number of nitrogens with zero attached hydrogens (tertiary/aromatic N) is 1. The fourth-order valence-electron chi connectivity index (χ4n) is 3.20. The van der Waals surface area contributed by atoms with E-state index in [9.17, 15) is 0 Å². The second-order valence-electron chi connectivity index (χ2n) is 6.55. The third kappa shape index (κ3) is 4.89. The van der Waals surface area contributed by atoms with E-state index in [2.05, 4.69) is 44.8 Å². The summed E-state index contributed by atoms with van der Waals surface area (Å²) in [6.45, 7) is 14.0. The second kappa shape index (κ2) is 8.16. The van der Waals surface area contributed by atoms with Gasteiger partial charge in [0, 0.05) is 24.7 Å². The fourth-order valence-corrected chi connectivity index (χ4v) is 3.20. The molecular weight excluding hydrogens is 220 g/mol. The smallest absolute Gasteiger partial charge is 0.0246 e. The number of rotatable bonds is 7. The molecule has 108 valence electrons. The molecule has 0 aromatic rings. The molecule has 1 saturated heterocycles. The van der Waals surface area contributed by atoms with E-state index in [1.165, 1.54) is 38.6 Å². The van der Waals surface area contributed by atoms with E-state index >= 15 is 0 Å².